The lowest BCUT2D eigenvalue weighted by Crippen LogP contribution is -2.45. The van der Waals surface area contributed by atoms with Crippen molar-refractivity contribution < 1.29 is 18.3 Å². The van der Waals surface area contributed by atoms with Crippen LogP contribution in [0, 0.1) is 6.92 Å². The molecule has 2 aliphatic rings. The van der Waals surface area contributed by atoms with Gasteiger partial charge in [0.25, 0.3) is 5.91 Å². The van der Waals surface area contributed by atoms with Crippen molar-refractivity contribution in [2.24, 2.45) is 0 Å². The average Bonchev–Trinajstić information content (AvgIpc) is 2.62. The molecule has 0 saturated carbocycles. The summed E-state index contributed by atoms with van der Waals surface area (Å²) in [5, 5.41) is 10.1. The zero-order chi connectivity index (χ0) is 18.9. The molecule has 144 valence electrons. The van der Waals surface area contributed by atoms with E-state index in [0.29, 0.717) is 50.1 Å². The molecule has 6 nitrogen and oxygen atoms in total. The Balaban J connectivity index is 1.84. The van der Waals surface area contributed by atoms with Gasteiger partial charge in [-0.05, 0) is 57.2 Å². The molecule has 2 saturated heterocycles. The third-order valence-electron chi connectivity index (χ3n) is 5.50. The molecule has 1 N–H and O–H groups in total. The highest BCUT2D eigenvalue weighted by atomic mass is 32.2. The number of aryl methyl sites for hydroxylation is 1. The second kappa shape index (κ2) is 7.29. The predicted molar refractivity (Wildman–Crippen MR) is 99.6 cm³/mol. The van der Waals surface area contributed by atoms with E-state index in [1.54, 1.807) is 30.9 Å². The highest BCUT2D eigenvalue weighted by Gasteiger charge is 2.32. The number of hydrogen-bond donors (Lipinski definition) is 1. The van der Waals surface area contributed by atoms with Gasteiger partial charge in [-0.15, -0.1) is 0 Å². The molecule has 1 amide bonds. The van der Waals surface area contributed by atoms with E-state index in [4.69, 9.17) is 0 Å². The molecule has 7 heteroatoms. The number of carbonyl (C=O) groups excluding carboxylic acids is 1. The fourth-order valence-corrected chi connectivity index (χ4v) is 5.40. The van der Waals surface area contributed by atoms with E-state index in [9.17, 15) is 18.3 Å². The molecule has 0 aromatic heterocycles. The summed E-state index contributed by atoms with van der Waals surface area (Å²) in [7, 11) is -3.58. The number of rotatable bonds is 3. The molecule has 0 radical (unpaired) electrons. The highest BCUT2D eigenvalue weighted by Crippen LogP contribution is 2.26. The molecule has 3 rings (SSSR count). The second-order valence-corrected chi connectivity index (χ2v) is 9.64. The predicted octanol–water partition coefficient (Wildman–Crippen LogP) is 2.16. The summed E-state index contributed by atoms with van der Waals surface area (Å²) in [6, 6.07) is 4.93. The van der Waals surface area contributed by atoms with Crippen molar-refractivity contribution in [2.45, 2.75) is 56.4 Å². The van der Waals surface area contributed by atoms with Crippen molar-refractivity contribution in [3.8, 4) is 0 Å². The summed E-state index contributed by atoms with van der Waals surface area (Å²) < 4.78 is 27.6. The number of piperidine rings is 2. The molecule has 0 aliphatic carbocycles. The van der Waals surface area contributed by atoms with Gasteiger partial charge in [0.15, 0.2) is 0 Å². The van der Waals surface area contributed by atoms with Crippen LogP contribution in [0.25, 0.3) is 0 Å². The average molecular weight is 381 g/mol. The molecule has 26 heavy (non-hydrogen) atoms. The SMILES string of the molecule is Cc1ccc(C(=O)N2CCC(C)(O)CC2)cc1S(=O)(=O)N1CCCCC1. The van der Waals surface area contributed by atoms with Crippen molar-refractivity contribution in [2.75, 3.05) is 26.2 Å². The summed E-state index contributed by atoms with van der Waals surface area (Å²) in [4.78, 5) is 14.7. The lowest BCUT2D eigenvalue weighted by molar-refractivity contribution is -0.00203. The van der Waals surface area contributed by atoms with Crippen LogP contribution in [0.4, 0.5) is 0 Å². The van der Waals surface area contributed by atoms with Gasteiger partial charge < -0.3 is 10.0 Å². The van der Waals surface area contributed by atoms with Crippen LogP contribution < -0.4 is 0 Å². The summed E-state index contributed by atoms with van der Waals surface area (Å²) in [6.45, 7) is 5.59. The number of sulfonamides is 1. The lowest BCUT2D eigenvalue weighted by Gasteiger charge is -2.36. The van der Waals surface area contributed by atoms with Gasteiger partial charge in [0.2, 0.25) is 10.0 Å². The third-order valence-corrected chi connectivity index (χ3v) is 7.54. The van der Waals surface area contributed by atoms with E-state index in [1.807, 2.05) is 0 Å². The van der Waals surface area contributed by atoms with E-state index in [0.717, 1.165) is 19.3 Å². The Morgan fingerprint density at radius 1 is 1.08 bits per heavy atom. The first-order valence-corrected chi connectivity index (χ1v) is 10.8. The molecular weight excluding hydrogens is 352 g/mol. The summed E-state index contributed by atoms with van der Waals surface area (Å²) in [5.74, 6) is -0.171. The second-order valence-electron chi connectivity index (χ2n) is 7.73. The molecule has 0 atom stereocenters. The maximum atomic E-state index is 13.0. The maximum absolute atomic E-state index is 13.0. The molecule has 2 aliphatic heterocycles. The highest BCUT2D eigenvalue weighted by molar-refractivity contribution is 7.89. The Morgan fingerprint density at radius 2 is 1.69 bits per heavy atom. The fourth-order valence-electron chi connectivity index (χ4n) is 3.63. The number of nitrogens with zero attached hydrogens (tertiary/aromatic N) is 2. The van der Waals surface area contributed by atoms with Gasteiger partial charge in [-0.25, -0.2) is 8.42 Å². The minimum absolute atomic E-state index is 0.171. The molecular formula is C19H28N2O4S. The molecule has 2 fully saturated rings. The number of carbonyl (C=O) groups is 1. The van der Waals surface area contributed by atoms with Crippen molar-refractivity contribution in [3.05, 3.63) is 29.3 Å². The third kappa shape index (κ3) is 3.94. The normalized spacial score (nSPS) is 21.6. The van der Waals surface area contributed by atoms with Crippen LogP contribution in [0.1, 0.15) is 54.9 Å². The largest absolute Gasteiger partial charge is 0.390 e. The minimum Gasteiger partial charge on any atom is -0.390 e. The Labute approximate surface area is 155 Å². The van der Waals surface area contributed by atoms with Gasteiger partial charge >= 0.3 is 0 Å². The van der Waals surface area contributed by atoms with Crippen molar-refractivity contribution >= 4 is 15.9 Å². The quantitative estimate of drug-likeness (QED) is 0.872. The topological polar surface area (TPSA) is 77.9 Å². The number of hydrogen-bond acceptors (Lipinski definition) is 4. The molecule has 1 aromatic rings. The summed E-state index contributed by atoms with van der Waals surface area (Å²) in [5.41, 5.74) is 0.328. The van der Waals surface area contributed by atoms with Crippen LogP contribution >= 0.6 is 0 Å². The van der Waals surface area contributed by atoms with E-state index >= 15 is 0 Å². The van der Waals surface area contributed by atoms with Crippen molar-refractivity contribution in [1.29, 1.82) is 0 Å². The lowest BCUT2D eigenvalue weighted by atomic mass is 9.93. The number of benzene rings is 1. The van der Waals surface area contributed by atoms with Crippen LogP contribution in [0.15, 0.2) is 23.1 Å². The van der Waals surface area contributed by atoms with Gasteiger partial charge in [0, 0.05) is 31.7 Å². The Hall–Kier alpha value is -1.44. The molecule has 2 heterocycles. The standard InChI is InChI=1S/C19H28N2O4S/c1-15-6-7-16(18(22)20-12-8-19(2,23)9-13-20)14-17(15)26(24,25)21-10-4-3-5-11-21/h6-7,14,23H,3-5,8-13H2,1-2H3. The van der Waals surface area contributed by atoms with Gasteiger partial charge in [0.05, 0.1) is 10.5 Å². The number of aliphatic hydroxyl groups is 1. The van der Waals surface area contributed by atoms with Crippen LogP contribution in [-0.2, 0) is 10.0 Å². The summed E-state index contributed by atoms with van der Waals surface area (Å²) >= 11 is 0. The molecule has 0 unspecified atom stereocenters. The van der Waals surface area contributed by atoms with Gasteiger partial charge in [0.1, 0.15) is 0 Å². The van der Waals surface area contributed by atoms with Crippen molar-refractivity contribution in [3.63, 3.8) is 0 Å². The van der Waals surface area contributed by atoms with Crippen LogP contribution in [0.5, 0.6) is 0 Å². The Morgan fingerprint density at radius 3 is 2.31 bits per heavy atom. The Bertz CT molecular complexity index is 773. The first kappa shape index (κ1) is 19.3. The monoisotopic (exact) mass is 380 g/mol. The molecule has 1 aromatic carbocycles. The fraction of sp³-hybridized carbons (Fsp3) is 0.632. The molecule has 0 bridgehead atoms. The number of likely N-dealkylation sites (tertiary alicyclic amines) is 1. The minimum atomic E-state index is -3.58. The van der Waals surface area contributed by atoms with E-state index in [-0.39, 0.29) is 10.8 Å². The first-order chi connectivity index (χ1) is 12.2. The van der Waals surface area contributed by atoms with Gasteiger partial charge in [-0.1, -0.05) is 12.5 Å². The zero-order valence-corrected chi connectivity index (χ0v) is 16.4. The van der Waals surface area contributed by atoms with E-state index in [1.165, 1.54) is 10.4 Å². The van der Waals surface area contributed by atoms with Crippen LogP contribution in [-0.4, -0.2) is 60.4 Å². The van der Waals surface area contributed by atoms with Gasteiger partial charge in [-0.3, -0.25) is 4.79 Å². The zero-order valence-electron chi connectivity index (χ0n) is 15.6. The van der Waals surface area contributed by atoms with Crippen LogP contribution in [0.3, 0.4) is 0 Å². The first-order valence-electron chi connectivity index (χ1n) is 9.33. The maximum Gasteiger partial charge on any atom is 0.253 e. The summed E-state index contributed by atoms with van der Waals surface area (Å²) in [6.07, 6.45) is 3.88. The van der Waals surface area contributed by atoms with E-state index in [2.05, 4.69) is 0 Å². The van der Waals surface area contributed by atoms with Crippen molar-refractivity contribution in [1.82, 2.24) is 9.21 Å². The number of amides is 1. The molecule has 0 spiro atoms. The Kier molecular flexibility index (Phi) is 5.42. The van der Waals surface area contributed by atoms with E-state index < -0.39 is 15.6 Å². The van der Waals surface area contributed by atoms with Gasteiger partial charge in [-0.2, -0.15) is 4.31 Å². The smallest absolute Gasteiger partial charge is 0.253 e. The van der Waals surface area contributed by atoms with Crippen LogP contribution in [0.2, 0.25) is 0 Å².